The third kappa shape index (κ3) is 5.77. The third-order valence-electron chi connectivity index (χ3n) is 3.91. The predicted octanol–water partition coefficient (Wildman–Crippen LogP) is 2.63. The van der Waals surface area contributed by atoms with Crippen LogP contribution in [0.1, 0.15) is 31.8 Å². The number of hydrogen-bond acceptors (Lipinski definition) is 6. The molecule has 0 radical (unpaired) electrons. The first-order valence-electron chi connectivity index (χ1n) is 8.86. The zero-order valence-corrected chi connectivity index (χ0v) is 15.7. The number of hydrazone groups is 2. The van der Waals surface area contributed by atoms with Gasteiger partial charge < -0.3 is 10.2 Å². The number of aromatic hydroxyl groups is 2. The average Bonchev–Trinajstić information content (AvgIpc) is 2.74. The Balaban J connectivity index is 1.54. The van der Waals surface area contributed by atoms with E-state index in [9.17, 15) is 19.8 Å². The predicted molar refractivity (Wildman–Crippen MR) is 113 cm³/mol. The van der Waals surface area contributed by atoms with Crippen molar-refractivity contribution in [1.29, 1.82) is 0 Å². The van der Waals surface area contributed by atoms with Crippen molar-refractivity contribution in [2.75, 3.05) is 0 Å². The summed E-state index contributed by atoms with van der Waals surface area (Å²) in [6.45, 7) is 0. The van der Waals surface area contributed by atoms with E-state index in [1.54, 1.807) is 24.3 Å². The molecule has 30 heavy (non-hydrogen) atoms. The first-order chi connectivity index (χ1) is 14.5. The van der Waals surface area contributed by atoms with E-state index in [1.807, 2.05) is 0 Å². The van der Waals surface area contributed by atoms with Gasteiger partial charge in [-0.1, -0.05) is 24.3 Å². The van der Waals surface area contributed by atoms with Gasteiger partial charge in [0.05, 0.1) is 12.4 Å². The number of phenolic OH excluding ortho intramolecular Hbond substituents is 2. The molecule has 0 spiro atoms. The van der Waals surface area contributed by atoms with Gasteiger partial charge in [-0.2, -0.15) is 10.2 Å². The van der Waals surface area contributed by atoms with Gasteiger partial charge in [-0.15, -0.1) is 0 Å². The Kier molecular flexibility index (Phi) is 6.52. The Hall–Kier alpha value is -4.46. The molecule has 0 heterocycles. The Morgan fingerprint density at radius 2 is 1.07 bits per heavy atom. The first-order valence-corrected chi connectivity index (χ1v) is 8.86. The van der Waals surface area contributed by atoms with Gasteiger partial charge in [0.1, 0.15) is 11.5 Å². The van der Waals surface area contributed by atoms with E-state index in [0.717, 1.165) is 0 Å². The highest BCUT2D eigenvalue weighted by atomic mass is 16.3. The number of nitrogens with one attached hydrogen (secondary N) is 2. The van der Waals surface area contributed by atoms with Gasteiger partial charge >= 0.3 is 0 Å². The van der Waals surface area contributed by atoms with Gasteiger partial charge in [-0.25, -0.2) is 10.9 Å². The summed E-state index contributed by atoms with van der Waals surface area (Å²) in [6.07, 6.45) is 2.81. The number of nitrogens with zero attached hydrogens (tertiary/aromatic N) is 2. The van der Waals surface area contributed by atoms with Crippen molar-refractivity contribution in [3.63, 3.8) is 0 Å². The van der Waals surface area contributed by atoms with Crippen LogP contribution in [0.4, 0.5) is 0 Å². The van der Waals surface area contributed by atoms with E-state index in [0.29, 0.717) is 22.3 Å². The lowest BCUT2D eigenvalue weighted by molar-refractivity contribution is 0.0943. The van der Waals surface area contributed by atoms with Gasteiger partial charge in [0.15, 0.2) is 0 Å². The fourth-order valence-corrected chi connectivity index (χ4v) is 2.44. The molecule has 4 N–H and O–H groups in total. The molecule has 3 aromatic rings. The van der Waals surface area contributed by atoms with E-state index in [-0.39, 0.29) is 11.5 Å². The monoisotopic (exact) mass is 402 g/mol. The molecule has 0 aromatic heterocycles. The first kappa shape index (κ1) is 20.3. The molecule has 0 aliphatic heterocycles. The van der Waals surface area contributed by atoms with Gasteiger partial charge in [-0.05, 0) is 59.7 Å². The summed E-state index contributed by atoms with van der Waals surface area (Å²) in [4.78, 5) is 24.2. The van der Waals surface area contributed by atoms with Gasteiger partial charge in [0.2, 0.25) is 0 Å². The molecular weight excluding hydrogens is 384 g/mol. The van der Waals surface area contributed by atoms with Crippen molar-refractivity contribution in [1.82, 2.24) is 10.9 Å². The lowest BCUT2D eigenvalue weighted by Crippen LogP contribution is -2.19. The fraction of sp³-hybridized carbons (Fsp3) is 0. The minimum Gasteiger partial charge on any atom is -0.508 e. The number of benzene rings is 3. The maximum Gasteiger partial charge on any atom is 0.271 e. The molecule has 0 unspecified atom stereocenters. The van der Waals surface area contributed by atoms with Crippen LogP contribution in [0.15, 0.2) is 83.0 Å². The van der Waals surface area contributed by atoms with E-state index in [4.69, 9.17) is 0 Å². The van der Waals surface area contributed by atoms with Crippen LogP contribution in [0.3, 0.4) is 0 Å². The Morgan fingerprint density at radius 1 is 0.667 bits per heavy atom. The normalized spacial score (nSPS) is 10.9. The molecule has 0 fully saturated rings. The van der Waals surface area contributed by atoms with Gasteiger partial charge in [0, 0.05) is 11.1 Å². The summed E-state index contributed by atoms with van der Waals surface area (Å²) in [6, 6.07) is 18.8. The minimum absolute atomic E-state index is 0.102. The third-order valence-corrected chi connectivity index (χ3v) is 3.91. The van der Waals surface area contributed by atoms with Crippen molar-refractivity contribution < 1.29 is 19.8 Å². The quantitative estimate of drug-likeness (QED) is 0.374. The Bertz CT molecular complexity index is 1020. The number of amides is 2. The summed E-state index contributed by atoms with van der Waals surface area (Å²) < 4.78 is 0. The van der Waals surface area contributed by atoms with Crippen LogP contribution in [0.25, 0.3) is 0 Å². The second kappa shape index (κ2) is 9.65. The van der Waals surface area contributed by atoms with Crippen LogP contribution in [-0.4, -0.2) is 34.5 Å². The smallest absolute Gasteiger partial charge is 0.271 e. The van der Waals surface area contributed by atoms with Crippen LogP contribution in [0, 0.1) is 0 Å². The fourth-order valence-electron chi connectivity index (χ4n) is 2.44. The molecule has 0 aliphatic rings. The van der Waals surface area contributed by atoms with Crippen molar-refractivity contribution in [3.8, 4) is 11.5 Å². The highest BCUT2D eigenvalue weighted by Crippen LogP contribution is 2.10. The number of hydrogen-bond donors (Lipinski definition) is 4. The van der Waals surface area contributed by atoms with Gasteiger partial charge in [-0.3, -0.25) is 9.59 Å². The lowest BCUT2D eigenvalue weighted by Gasteiger charge is -2.03. The second-order valence-corrected chi connectivity index (χ2v) is 6.17. The maximum absolute atomic E-state index is 12.1. The molecule has 150 valence electrons. The largest absolute Gasteiger partial charge is 0.508 e. The summed E-state index contributed by atoms with van der Waals surface area (Å²) >= 11 is 0. The zero-order valence-electron chi connectivity index (χ0n) is 15.7. The molecule has 0 aliphatic carbocycles. The van der Waals surface area contributed by atoms with E-state index < -0.39 is 11.8 Å². The van der Waals surface area contributed by atoms with Crippen LogP contribution in [0.5, 0.6) is 11.5 Å². The number of carbonyl (C=O) groups is 2. The van der Waals surface area contributed by atoms with E-state index in [1.165, 1.54) is 61.0 Å². The zero-order chi connectivity index (χ0) is 21.3. The molecule has 0 atom stereocenters. The van der Waals surface area contributed by atoms with Crippen LogP contribution in [0.2, 0.25) is 0 Å². The summed E-state index contributed by atoms with van der Waals surface area (Å²) in [5.41, 5.74) is 6.66. The SMILES string of the molecule is O=C(NN=Cc1cccc(O)c1)c1ccc(C(=O)NN=Cc2cccc(O)c2)cc1. The van der Waals surface area contributed by atoms with E-state index in [2.05, 4.69) is 21.1 Å². The minimum atomic E-state index is -0.444. The standard InChI is InChI=1S/C22H18N4O4/c27-19-5-1-3-15(11-19)13-23-25-21(29)17-7-9-18(10-8-17)22(30)26-24-14-16-4-2-6-20(28)12-16/h1-14,27-28H,(H,25,29)(H,26,30). The molecule has 2 amide bonds. The molecule has 3 rings (SSSR count). The van der Waals surface area contributed by atoms with E-state index >= 15 is 0 Å². The molecule has 0 saturated carbocycles. The van der Waals surface area contributed by atoms with Crippen LogP contribution in [-0.2, 0) is 0 Å². The Morgan fingerprint density at radius 3 is 1.43 bits per heavy atom. The molecular formula is C22H18N4O4. The van der Waals surface area contributed by atoms with Crippen molar-refractivity contribution in [3.05, 3.63) is 95.1 Å². The molecule has 0 bridgehead atoms. The highest BCUT2D eigenvalue weighted by Gasteiger charge is 2.08. The number of phenols is 2. The topological polar surface area (TPSA) is 123 Å². The van der Waals surface area contributed by atoms with Crippen molar-refractivity contribution in [2.45, 2.75) is 0 Å². The maximum atomic E-state index is 12.1. The Labute approximate surface area is 172 Å². The number of rotatable bonds is 6. The van der Waals surface area contributed by atoms with Crippen molar-refractivity contribution >= 4 is 24.2 Å². The molecule has 0 saturated heterocycles. The molecule has 3 aromatic carbocycles. The highest BCUT2D eigenvalue weighted by molar-refractivity contribution is 5.98. The molecule has 8 nitrogen and oxygen atoms in total. The number of carbonyl (C=O) groups excluding carboxylic acids is 2. The van der Waals surface area contributed by atoms with Crippen LogP contribution >= 0.6 is 0 Å². The second-order valence-electron chi connectivity index (χ2n) is 6.17. The van der Waals surface area contributed by atoms with Gasteiger partial charge in [0.25, 0.3) is 11.8 Å². The van der Waals surface area contributed by atoms with Crippen molar-refractivity contribution in [2.24, 2.45) is 10.2 Å². The average molecular weight is 402 g/mol. The summed E-state index contributed by atoms with van der Waals surface area (Å²) in [5.74, 6) is -0.684. The van der Waals surface area contributed by atoms with Crippen LogP contribution < -0.4 is 10.9 Å². The lowest BCUT2D eigenvalue weighted by atomic mass is 10.1. The summed E-state index contributed by atoms with van der Waals surface area (Å²) in [5, 5.41) is 26.5. The molecule has 8 heteroatoms. The summed E-state index contributed by atoms with van der Waals surface area (Å²) in [7, 11) is 0.